The first kappa shape index (κ1) is 55.6. The SMILES string of the molecule is COc1cc2ncnc(Nc3ccc(OCc4ccccn4)c(Cl)c3)c2cc1CC(=O)/C(F)=C/CN(C)C.COc1cc2ncnc(Nc3ccc(OCc4ccccn4)c(Cl)c3)c2cc1CC(=O)/C(F)=C\CN(C)C. The molecule has 0 spiro atoms. The van der Waals surface area contributed by atoms with E-state index in [-0.39, 0.29) is 26.1 Å². The van der Waals surface area contributed by atoms with E-state index in [1.807, 2.05) is 48.5 Å². The number of carbonyl (C=O) groups excluding carboxylic acids is 2. The van der Waals surface area contributed by atoms with Gasteiger partial charge in [-0.2, -0.15) is 0 Å². The first-order valence-electron chi connectivity index (χ1n) is 23.6. The standard InChI is InChI=1S/2C28H27ClFN5O3/c2*1-35(2)11-9-23(30)25(36)13-18-12-21-24(15-27(18)37-3)32-17-33-28(21)34-19-7-8-26(22(29)14-19)38-16-20-6-4-5-10-31-20/h2*4-10,12,14-15,17H,11,13,16H2,1-3H3,(H,32,33,34)/b23-9+;23-9-. The smallest absolute Gasteiger partial charge is 0.195 e. The predicted molar refractivity (Wildman–Crippen MR) is 292 cm³/mol. The molecule has 0 aliphatic rings. The van der Waals surface area contributed by atoms with Gasteiger partial charge < -0.3 is 39.4 Å². The average Bonchev–Trinajstić information content (AvgIpc) is 3.42. The van der Waals surface area contributed by atoms with E-state index in [0.29, 0.717) is 102 Å². The molecule has 0 amide bonds. The van der Waals surface area contributed by atoms with Gasteiger partial charge in [-0.3, -0.25) is 19.6 Å². The lowest BCUT2D eigenvalue weighted by molar-refractivity contribution is -0.117. The van der Waals surface area contributed by atoms with E-state index in [1.165, 1.54) is 39.0 Å². The summed E-state index contributed by atoms with van der Waals surface area (Å²) in [6.07, 6.45) is 8.44. The van der Waals surface area contributed by atoms with Gasteiger partial charge in [-0.05, 0) is 113 Å². The lowest BCUT2D eigenvalue weighted by atomic mass is 10.0. The van der Waals surface area contributed by atoms with Gasteiger partial charge in [0.05, 0.1) is 46.7 Å². The van der Waals surface area contributed by atoms with Crippen LogP contribution in [0, 0.1) is 0 Å². The van der Waals surface area contributed by atoms with Gasteiger partial charge in [0, 0.05) is 83.7 Å². The molecule has 0 atom stereocenters. The van der Waals surface area contributed by atoms with Crippen molar-refractivity contribution >= 4 is 79.6 Å². The van der Waals surface area contributed by atoms with Gasteiger partial charge in [-0.1, -0.05) is 35.3 Å². The minimum absolute atomic E-state index is 0.169. The summed E-state index contributed by atoms with van der Waals surface area (Å²) in [5.41, 5.74) is 5.16. The highest BCUT2D eigenvalue weighted by Gasteiger charge is 2.19. The Morgan fingerprint density at radius 3 is 1.33 bits per heavy atom. The van der Waals surface area contributed by atoms with E-state index in [4.69, 9.17) is 42.1 Å². The van der Waals surface area contributed by atoms with Crippen LogP contribution in [0.2, 0.25) is 10.0 Å². The Morgan fingerprint density at radius 2 is 0.974 bits per heavy atom. The molecule has 0 aliphatic carbocycles. The van der Waals surface area contributed by atoms with Gasteiger partial charge in [0.1, 0.15) is 60.5 Å². The van der Waals surface area contributed by atoms with Crippen LogP contribution in [-0.2, 0) is 35.6 Å². The monoisotopic (exact) mass is 1070 g/mol. The average molecular weight is 1070 g/mol. The lowest BCUT2D eigenvalue weighted by Crippen LogP contribution is -2.13. The highest BCUT2D eigenvalue weighted by Crippen LogP contribution is 2.35. The largest absolute Gasteiger partial charge is 0.496 e. The third-order valence-corrected chi connectivity index (χ3v) is 11.8. The zero-order valence-corrected chi connectivity index (χ0v) is 44.0. The van der Waals surface area contributed by atoms with Crippen LogP contribution in [-0.4, -0.2) is 107 Å². The number of methoxy groups -OCH3 is 2. The zero-order valence-electron chi connectivity index (χ0n) is 42.5. The Kier molecular flexibility index (Phi) is 19.7. The van der Waals surface area contributed by atoms with E-state index in [2.05, 4.69) is 40.5 Å². The summed E-state index contributed by atoms with van der Waals surface area (Å²) >= 11 is 12.9. The number of benzene rings is 4. The summed E-state index contributed by atoms with van der Waals surface area (Å²) < 4.78 is 51.2. The number of nitrogens with zero attached hydrogens (tertiary/aromatic N) is 8. The first-order chi connectivity index (χ1) is 36.7. The lowest BCUT2D eigenvalue weighted by Gasteiger charge is -2.14. The molecule has 0 saturated heterocycles. The number of ether oxygens (including phenoxy) is 4. The van der Waals surface area contributed by atoms with Gasteiger partial charge in [-0.25, -0.2) is 28.7 Å². The van der Waals surface area contributed by atoms with Crippen molar-refractivity contribution in [3.8, 4) is 23.0 Å². The van der Waals surface area contributed by atoms with E-state index in [1.54, 1.807) is 98.9 Å². The third kappa shape index (κ3) is 15.5. The van der Waals surface area contributed by atoms with Crippen molar-refractivity contribution in [2.75, 3.05) is 66.1 Å². The number of ketones is 2. The van der Waals surface area contributed by atoms with Crippen LogP contribution in [0.1, 0.15) is 22.5 Å². The summed E-state index contributed by atoms with van der Waals surface area (Å²) in [6.45, 7) is 1.23. The number of carbonyl (C=O) groups is 2. The zero-order chi connectivity index (χ0) is 54.1. The van der Waals surface area contributed by atoms with Gasteiger partial charge in [0.2, 0.25) is 0 Å². The maximum atomic E-state index is 14.4. The van der Waals surface area contributed by atoms with E-state index in [9.17, 15) is 18.4 Å². The van der Waals surface area contributed by atoms with Crippen molar-refractivity contribution in [1.82, 2.24) is 39.7 Å². The van der Waals surface area contributed by atoms with Crippen LogP contribution in [0.4, 0.5) is 31.8 Å². The van der Waals surface area contributed by atoms with Crippen LogP contribution < -0.4 is 29.6 Å². The Balaban J connectivity index is 0.000000221. The minimum atomic E-state index is -0.788. The number of hydrogen-bond donors (Lipinski definition) is 2. The first-order valence-corrected chi connectivity index (χ1v) is 24.3. The fraction of sp³-hybridized carbons (Fsp3) is 0.214. The minimum Gasteiger partial charge on any atom is -0.496 e. The summed E-state index contributed by atoms with van der Waals surface area (Å²) in [6, 6.07) is 28.7. The molecular weight excluding hydrogens is 1020 g/mol. The molecule has 4 aromatic heterocycles. The molecule has 0 radical (unpaired) electrons. The molecule has 0 unspecified atom stereocenters. The maximum absolute atomic E-state index is 14.4. The molecule has 20 heteroatoms. The topological polar surface area (TPSA) is 179 Å². The van der Waals surface area contributed by atoms with Crippen molar-refractivity contribution in [3.05, 3.63) is 178 Å². The summed E-state index contributed by atoms with van der Waals surface area (Å²) in [7, 11) is 10.2. The molecular formula is C56H54Cl2F2N10O6. The van der Waals surface area contributed by atoms with Crippen LogP contribution in [0.25, 0.3) is 21.8 Å². The van der Waals surface area contributed by atoms with E-state index >= 15 is 0 Å². The Morgan fingerprint density at radius 1 is 0.553 bits per heavy atom. The fourth-order valence-electron chi connectivity index (χ4n) is 7.32. The van der Waals surface area contributed by atoms with E-state index in [0.717, 1.165) is 11.4 Å². The number of pyridine rings is 2. The second-order valence-corrected chi connectivity index (χ2v) is 18.2. The predicted octanol–water partition coefficient (Wildman–Crippen LogP) is 11.1. The molecule has 392 valence electrons. The van der Waals surface area contributed by atoms with Crippen molar-refractivity contribution in [1.29, 1.82) is 0 Å². The normalized spacial score (nSPS) is 11.6. The van der Waals surface area contributed by atoms with Gasteiger partial charge in [0.25, 0.3) is 0 Å². The number of aromatic nitrogens is 6. The third-order valence-electron chi connectivity index (χ3n) is 11.2. The molecule has 4 heterocycles. The molecule has 0 saturated carbocycles. The summed E-state index contributed by atoms with van der Waals surface area (Å²) in [4.78, 5) is 54.4. The number of nitrogens with one attached hydrogen (secondary N) is 2. The number of fused-ring (bicyclic) bond motifs is 2. The molecule has 2 N–H and O–H groups in total. The highest BCUT2D eigenvalue weighted by atomic mass is 35.5. The number of anilines is 4. The quantitative estimate of drug-likeness (QED) is 0.0612. The van der Waals surface area contributed by atoms with Crippen molar-refractivity contribution in [3.63, 3.8) is 0 Å². The van der Waals surface area contributed by atoms with Gasteiger partial charge in [-0.15, -0.1) is 0 Å². The number of hydrogen-bond acceptors (Lipinski definition) is 16. The molecule has 8 aromatic rings. The maximum Gasteiger partial charge on any atom is 0.195 e. The van der Waals surface area contributed by atoms with E-state index < -0.39 is 23.2 Å². The second kappa shape index (κ2) is 26.9. The number of halogens is 4. The van der Waals surface area contributed by atoms with Crippen LogP contribution in [0.5, 0.6) is 23.0 Å². The summed E-state index contributed by atoms with van der Waals surface area (Å²) in [5.74, 6) is 0.0542. The fourth-order valence-corrected chi connectivity index (χ4v) is 7.79. The van der Waals surface area contributed by atoms with Crippen LogP contribution in [0.3, 0.4) is 0 Å². The number of Topliss-reactive ketones (excluding diaryl/α,β-unsaturated/α-hetero) is 2. The number of rotatable bonds is 22. The molecule has 76 heavy (non-hydrogen) atoms. The Labute approximate surface area is 448 Å². The molecule has 0 fully saturated rings. The van der Waals surface area contributed by atoms with Crippen LogP contribution >= 0.6 is 23.2 Å². The van der Waals surface area contributed by atoms with Gasteiger partial charge in [0.15, 0.2) is 23.2 Å². The van der Waals surface area contributed by atoms with Gasteiger partial charge >= 0.3 is 0 Å². The highest BCUT2D eigenvalue weighted by molar-refractivity contribution is 6.32. The van der Waals surface area contributed by atoms with Crippen molar-refractivity contribution < 1.29 is 37.3 Å². The van der Waals surface area contributed by atoms with Crippen LogP contribution in [0.15, 0.2) is 146 Å². The van der Waals surface area contributed by atoms with Crippen molar-refractivity contribution in [2.24, 2.45) is 0 Å². The second-order valence-electron chi connectivity index (χ2n) is 17.4. The Hall–Kier alpha value is -8.16. The molecule has 4 aromatic carbocycles. The molecule has 0 bridgehead atoms. The number of likely N-dealkylation sites (N-methyl/N-ethyl adjacent to an activating group) is 2. The number of allylic oxidation sites excluding steroid dienone is 2. The molecule has 16 nitrogen and oxygen atoms in total. The molecule has 0 aliphatic heterocycles. The molecule has 8 rings (SSSR count). The Bertz CT molecular complexity index is 3150. The summed E-state index contributed by atoms with van der Waals surface area (Å²) in [5, 5.41) is 8.59. The van der Waals surface area contributed by atoms with Crippen molar-refractivity contribution in [2.45, 2.75) is 26.1 Å².